The van der Waals surface area contributed by atoms with Crippen molar-refractivity contribution >= 4 is 17.3 Å². The van der Waals surface area contributed by atoms with Gasteiger partial charge in [-0.2, -0.15) is 0 Å². The molecule has 0 amide bonds. The second kappa shape index (κ2) is 5.44. The van der Waals surface area contributed by atoms with Gasteiger partial charge in [0.1, 0.15) is 24.0 Å². The van der Waals surface area contributed by atoms with Crippen molar-refractivity contribution in [2.24, 2.45) is 0 Å². The normalized spacial score (nSPS) is 10.8. The van der Waals surface area contributed by atoms with E-state index >= 15 is 0 Å². The molecule has 18 heavy (non-hydrogen) atoms. The Morgan fingerprint density at radius 1 is 1.56 bits per heavy atom. The zero-order valence-corrected chi connectivity index (χ0v) is 10.5. The SMILES string of the molecule is CC(C)(C)OC(=O)CNc1ccncc1[N+](=O)[O-]. The molecule has 0 atom stereocenters. The maximum absolute atomic E-state index is 11.4. The van der Waals surface area contributed by atoms with E-state index in [9.17, 15) is 14.9 Å². The number of carbonyl (C=O) groups is 1. The minimum Gasteiger partial charge on any atom is -0.459 e. The molecule has 0 saturated heterocycles. The highest BCUT2D eigenvalue weighted by Gasteiger charge is 2.18. The van der Waals surface area contributed by atoms with E-state index in [2.05, 4.69) is 10.3 Å². The van der Waals surface area contributed by atoms with Gasteiger partial charge in [-0.25, -0.2) is 0 Å². The van der Waals surface area contributed by atoms with Crippen molar-refractivity contribution in [1.82, 2.24) is 4.98 Å². The molecule has 0 aliphatic carbocycles. The van der Waals surface area contributed by atoms with Crippen LogP contribution in [0.2, 0.25) is 0 Å². The molecule has 98 valence electrons. The van der Waals surface area contributed by atoms with Crippen LogP contribution in [0.5, 0.6) is 0 Å². The van der Waals surface area contributed by atoms with E-state index in [1.165, 1.54) is 12.3 Å². The van der Waals surface area contributed by atoms with Crippen molar-refractivity contribution < 1.29 is 14.5 Å². The number of nitro groups is 1. The van der Waals surface area contributed by atoms with Gasteiger partial charge in [-0.3, -0.25) is 19.9 Å². The van der Waals surface area contributed by atoms with E-state index in [0.29, 0.717) is 0 Å². The van der Waals surface area contributed by atoms with Gasteiger partial charge < -0.3 is 10.1 Å². The average molecular weight is 253 g/mol. The number of rotatable bonds is 4. The zero-order chi connectivity index (χ0) is 13.8. The van der Waals surface area contributed by atoms with Crippen molar-refractivity contribution in [3.05, 3.63) is 28.6 Å². The summed E-state index contributed by atoms with van der Waals surface area (Å²) in [5.74, 6) is -0.478. The smallest absolute Gasteiger partial charge is 0.325 e. The minimum absolute atomic E-state index is 0.137. The van der Waals surface area contributed by atoms with E-state index < -0.39 is 16.5 Å². The average Bonchev–Trinajstić information content (AvgIpc) is 2.24. The van der Waals surface area contributed by atoms with Gasteiger partial charge in [0.25, 0.3) is 0 Å². The van der Waals surface area contributed by atoms with Crippen molar-refractivity contribution in [1.29, 1.82) is 0 Å². The molecule has 1 aromatic rings. The largest absolute Gasteiger partial charge is 0.459 e. The van der Waals surface area contributed by atoms with Crippen molar-refractivity contribution in [3.8, 4) is 0 Å². The lowest BCUT2D eigenvalue weighted by molar-refractivity contribution is -0.384. The summed E-state index contributed by atoms with van der Waals surface area (Å²) in [7, 11) is 0. The van der Waals surface area contributed by atoms with Gasteiger partial charge >= 0.3 is 11.7 Å². The van der Waals surface area contributed by atoms with Crippen LogP contribution in [0.1, 0.15) is 20.8 Å². The predicted octanol–water partition coefficient (Wildman–Crippen LogP) is 1.74. The molecule has 0 aliphatic heterocycles. The molecule has 0 aromatic carbocycles. The quantitative estimate of drug-likeness (QED) is 0.499. The Labute approximate surface area is 104 Å². The number of aromatic nitrogens is 1. The lowest BCUT2D eigenvalue weighted by atomic mass is 10.2. The standard InChI is InChI=1S/C11H15N3O4/c1-11(2,3)18-10(15)7-13-8-4-5-12-6-9(8)14(16)17/h4-6H,7H2,1-3H3,(H,12,13). The molecule has 0 fully saturated rings. The Morgan fingerprint density at radius 3 is 2.78 bits per heavy atom. The van der Waals surface area contributed by atoms with E-state index in [0.717, 1.165) is 6.20 Å². The van der Waals surface area contributed by atoms with Crippen molar-refractivity contribution in [2.75, 3.05) is 11.9 Å². The van der Waals surface area contributed by atoms with Crippen LogP contribution in [0.15, 0.2) is 18.5 Å². The van der Waals surface area contributed by atoms with Gasteiger partial charge in [-0.15, -0.1) is 0 Å². The molecule has 1 rings (SSSR count). The topological polar surface area (TPSA) is 94.4 Å². The van der Waals surface area contributed by atoms with Gasteiger partial charge in [0.2, 0.25) is 0 Å². The third-order valence-electron chi connectivity index (χ3n) is 1.84. The molecule has 0 saturated carbocycles. The molecular formula is C11H15N3O4. The number of pyridine rings is 1. The van der Waals surface area contributed by atoms with Gasteiger partial charge in [-0.1, -0.05) is 0 Å². The predicted molar refractivity (Wildman–Crippen MR) is 65.2 cm³/mol. The number of esters is 1. The van der Waals surface area contributed by atoms with E-state index in [-0.39, 0.29) is 17.9 Å². The summed E-state index contributed by atoms with van der Waals surface area (Å²) in [6, 6.07) is 1.43. The first-order chi connectivity index (χ1) is 8.29. The van der Waals surface area contributed by atoms with E-state index in [1.807, 2.05) is 0 Å². The first-order valence-corrected chi connectivity index (χ1v) is 5.34. The summed E-state index contributed by atoms with van der Waals surface area (Å²) in [5.41, 5.74) is -0.523. The van der Waals surface area contributed by atoms with Gasteiger partial charge in [0, 0.05) is 6.20 Å². The summed E-state index contributed by atoms with van der Waals surface area (Å²) >= 11 is 0. The molecule has 1 aromatic heterocycles. The number of hydrogen-bond donors (Lipinski definition) is 1. The van der Waals surface area contributed by atoms with Crippen molar-refractivity contribution in [3.63, 3.8) is 0 Å². The second-order valence-corrected chi connectivity index (χ2v) is 4.59. The van der Waals surface area contributed by atoms with Gasteiger partial charge in [-0.05, 0) is 26.8 Å². The van der Waals surface area contributed by atoms with Crippen LogP contribution >= 0.6 is 0 Å². The van der Waals surface area contributed by atoms with Crippen LogP contribution in [-0.2, 0) is 9.53 Å². The molecule has 0 unspecified atom stereocenters. The molecular weight excluding hydrogens is 238 g/mol. The van der Waals surface area contributed by atoms with Gasteiger partial charge in [0.15, 0.2) is 0 Å². The fraction of sp³-hybridized carbons (Fsp3) is 0.455. The van der Waals surface area contributed by atoms with Gasteiger partial charge in [0.05, 0.1) is 4.92 Å². The first kappa shape index (κ1) is 13.9. The number of ether oxygens (including phenoxy) is 1. The van der Waals surface area contributed by atoms with Crippen LogP contribution in [0.4, 0.5) is 11.4 Å². The second-order valence-electron chi connectivity index (χ2n) is 4.59. The Balaban J connectivity index is 2.64. The molecule has 7 heteroatoms. The fourth-order valence-electron chi connectivity index (χ4n) is 1.23. The highest BCUT2D eigenvalue weighted by molar-refractivity contribution is 5.76. The molecule has 0 aliphatic rings. The van der Waals surface area contributed by atoms with Crippen LogP contribution in [-0.4, -0.2) is 28.0 Å². The first-order valence-electron chi connectivity index (χ1n) is 5.34. The molecule has 1 N–H and O–H groups in total. The molecule has 0 spiro atoms. The minimum atomic E-state index is -0.580. The molecule has 1 heterocycles. The third kappa shape index (κ3) is 4.36. The maximum atomic E-state index is 11.4. The summed E-state index contributed by atoms with van der Waals surface area (Å²) in [6.45, 7) is 5.11. The summed E-state index contributed by atoms with van der Waals surface area (Å²) in [4.78, 5) is 25.2. The Hall–Kier alpha value is -2.18. The number of nitrogens with zero attached hydrogens (tertiary/aromatic N) is 2. The Bertz CT molecular complexity index is 454. The highest BCUT2D eigenvalue weighted by atomic mass is 16.6. The summed E-state index contributed by atoms with van der Waals surface area (Å²) in [5, 5.41) is 13.4. The third-order valence-corrected chi connectivity index (χ3v) is 1.84. The number of nitrogens with one attached hydrogen (secondary N) is 1. The summed E-state index contributed by atoms with van der Waals surface area (Å²) < 4.78 is 5.07. The lowest BCUT2D eigenvalue weighted by Crippen LogP contribution is -2.28. The number of anilines is 1. The van der Waals surface area contributed by atoms with E-state index in [1.54, 1.807) is 20.8 Å². The molecule has 0 radical (unpaired) electrons. The fourth-order valence-corrected chi connectivity index (χ4v) is 1.23. The van der Waals surface area contributed by atoms with Crippen LogP contribution < -0.4 is 5.32 Å². The van der Waals surface area contributed by atoms with Crippen LogP contribution in [0.3, 0.4) is 0 Å². The molecule has 7 nitrogen and oxygen atoms in total. The van der Waals surface area contributed by atoms with E-state index in [4.69, 9.17) is 4.74 Å². The molecule has 0 bridgehead atoms. The maximum Gasteiger partial charge on any atom is 0.325 e. The summed E-state index contributed by atoms with van der Waals surface area (Å²) in [6.07, 6.45) is 2.53. The van der Waals surface area contributed by atoms with Crippen molar-refractivity contribution in [2.45, 2.75) is 26.4 Å². The monoisotopic (exact) mass is 253 g/mol. The number of carbonyl (C=O) groups excluding carboxylic acids is 1. The van der Waals surface area contributed by atoms with Crippen LogP contribution in [0.25, 0.3) is 0 Å². The number of hydrogen-bond acceptors (Lipinski definition) is 6. The van der Waals surface area contributed by atoms with Crippen LogP contribution in [0, 0.1) is 10.1 Å². The highest BCUT2D eigenvalue weighted by Crippen LogP contribution is 2.21. The Kier molecular flexibility index (Phi) is 4.19. The lowest BCUT2D eigenvalue weighted by Gasteiger charge is -2.19. The Morgan fingerprint density at radius 2 is 2.22 bits per heavy atom. The zero-order valence-electron chi connectivity index (χ0n) is 10.5.